The zero-order valence-corrected chi connectivity index (χ0v) is 28.8. The second-order valence-electron chi connectivity index (χ2n) is 13.4. The summed E-state index contributed by atoms with van der Waals surface area (Å²) >= 11 is 6.70. The lowest BCUT2D eigenvalue weighted by Crippen LogP contribution is -2.63. The van der Waals surface area contributed by atoms with Gasteiger partial charge >= 0.3 is 6.09 Å². The average Bonchev–Trinajstić information content (AvgIpc) is 3.42. The van der Waals surface area contributed by atoms with Gasteiger partial charge in [0.1, 0.15) is 23.8 Å². The molecule has 3 heterocycles. The van der Waals surface area contributed by atoms with Crippen molar-refractivity contribution in [1.82, 2.24) is 10.2 Å². The molecule has 3 aromatic rings. The van der Waals surface area contributed by atoms with Gasteiger partial charge in [0.25, 0.3) is 5.91 Å². The van der Waals surface area contributed by atoms with E-state index >= 15 is 8.78 Å². The number of hydrogen-bond acceptors (Lipinski definition) is 7. The number of amides is 2. The van der Waals surface area contributed by atoms with Crippen molar-refractivity contribution in [3.63, 3.8) is 0 Å². The minimum atomic E-state index is -1.19. The molecule has 49 heavy (non-hydrogen) atoms. The summed E-state index contributed by atoms with van der Waals surface area (Å²) in [5.74, 6) is -2.37. The summed E-state index contributed by atoms with van der Waals surface area (Å²) < 4.78 is 62.0. The first-order valence-electron chi connectivity index (χ1n) is 16.6. The Morgan fingerprint density at radius 3 is 2.49 bits per heavy atom. The van der Waals surface area contributed by atoms with E-state index in [1.165, 1.54) is 25.2 Å². The lowest BCUT2D eigenvalue weighted by Gasteiger charge is -2.50. The molecule has 0 bridgehead atoms. The highest BCUT2D eigenvalue weighted by atomic mass is 35.5. The molecule has 3 aliphatic heterocycles. The second kappa shape index (κ2) is 14.1. The Morgan fingerprint density at radius 1 is 1.06 bits per heavy atom. The maximum Gasteiger partial charge on any atom is 0.410 e. The topological polar surface area (TPSA) is 95.6 Å². The fourth-order valence-electron chi connectivity index (χ4n) is 6.74. The monoisotopic (exact) mass is 698 g/mol. The molecule has 0 saturated carbocycles. The summed E-state index contributed by atoms with van der Waals surface area (Å²) in [5.41, 5.74) is -1.10. The zero-order chi connectivity index (χ0) is 34.9. The number of likely N-dealkylation sites (tertiary alicyclic amines) is 1. The fraction of sp³-hybridized carbons (Fsp3) is 0.459. The maximum atomic E-state index is 16.7. The standard InChI is InChI=1S/C37H41ClF2N2O7/c1-36(2,3)49-35(44)42-16-15-28(42)37(22-10-6-5-7-11-22)21-24-27(48-37)20-25(39)32(38)30(24)31-23(34(43)41-4)13-14-26(33(31)40)45-18-19-47-29-12-8-9-17-46-29/h5-7,10-11,13-14,20,28-29H,8-9,12,15-19,21H2,1-4H3,(H,41,43)/t28?,29-,37-/m0/s1. The van der Waals surface area contributed by atoms with Crippen molar-refractivity contribution < 1.29 is 42.1 Å². The molecule has 1 unspecified atom stereocenters. The van der Waals surface area contributed by atoms with E-state index in [0.717, 1.165) is 24.8 Å². The first-order valence-corrected chi connectivity index (χ1v) is 17.0. The summed E-state index contributed by atoms with van der Waals surface area (Å²) in [5, 5.41) is 2.17. The number of nitrogens with zero attached hydrogens (tertiary/aromatic N) is 1. The van der Waals surface area contributed by atoms with Crippen LogP contribution in [-0.2, 0) is 26.2 Å². The van der Waals surface area contributed by atoms with E-state index in [9.17, 15) is 9.59 Å². The number of carbonyl (C=O) groups is 2. The third kappa shape index (κ3) is 6.93. The Hall–Kier alpha value is -3.93. The fourth-order valence-corrected chi connectivity index (χ4v) is 7.01. The first-order chi connectivity index (χ1) is 23.4. The van der Waals surface area contributed by atoms with Crippen LogP contribution in [0.3, 0.4) is 0 Å². The number of nitrogens with one attached hydrogen (secondary N) is 1. The highest BCUT2D eigenvalue weighted by molar-refractivity contribution is 6.34. The van der Waals surface area contributed by atoms with Crippen molar-refractivity contribution >= 4 is 23.6 Å². The molecular weight excluding hydrogens is 658 g/mol. The van der Waals surface area contributed by atoms with Crippen LogP contribution in [0.4, 0.5) is 13.6 Å². The molecule has 0 radical (unpaired) electrons. The highest BCUT2D eigenvalue weighted by Gasteiger charge is 2.56. The molecule has 6 rings (SSSR count). The Kier molecular flexibility index (Phi) is 10.1. The number of halogens is 3. The van der Waals surface area contributed by atoms with E-state index < -0.39 is 40.9 Å². The number of hydrogen-bond donors (Lipinski definition) is 1. The van der Waals surface area contributed by atoms with Crippen LogP contribution < -0.4 is 14.8 Å². The Morgan fingerprint density at radius 2 is 1.84 bits per heavy atom. The van der Waals surface area contributed by atoms with Gasteiger partial charge in [0.2, 0.25) is 0 Å². The normalized spacial score (nSPS) is 21.7. The SMILES string of the molecule is CNC(=O)c1ccc(OCCO[C@H]2CCCCO2)c(F)c1-c1c(Cl)c(F)cc2c1C[C@](c1ccccc1)(C1CCN1C(=O)OC(C)(C)C)O2. The summed E-state index contributed by atoms with van der Waals surface area (Å²) in [6.07, 6.45) is 2.58. The van der Waals surface area contributed by atoms with Crippen LogP contribution >= 0.6 is 11.6 Å². The molecule has 12 heteroatoms. The molecule has 3 aromatic carbocycles. The molecule has 1 N–H and O–H groups in total. The molecule has 2 saturated heterocycles. The molecule has 262 valence electrons. The Balaban J connectivity index is 1.40. The lowest BCUT2D eigenvalue weighted by molar-refractivity contribution is -0.165. The third-order valence-electron chi connectivity index (χ3n) is 9.08. The number of carbonyl (C=O) groups excluding carboxylic acids is 2. The molecular formula is C37H41ClF2N2O7. The molecule has 3 aliphatic rings. The number of fused-ring (bicyclic) bond motifs is 1. The van der Waals surface area contributed by atoms with Crippen LogP contribution in [0.25, 0.3) is 11.1 Å². The summed E-state index contributed by atoms with van der Waals surface area (Å²) in [7, 11) is 1.42. The van der Waals surface area contributed by atoms with Gasteiger partial charge in [-0.3, -0.25) is 4.79 Å². The highest BCUT2D eigenvalue weighted by Crippen LogP contribution is 2.54. The van der Waals surface area contributed by atoms with Crippen LogP contribution in [0.5, 0.6) is 11.5 Å². The van der Waals surface area contributed by atoms with Crippen LogP contribution in [0.2, 0.25) is 5.02 Å². The van der Waals surface area contributed by atoms with Crippen molar-refractivity contribution in [2.75, 3.05) is 33.4 Å². The van der Waals surface area contributed by atoms with Gasteiger partial charge in [-0.05, 0) is 64.2 Å². The largest absolute Gasteiger partial charge is 0.488 e. The number of ether oxygens (including phenoxy) is 5. The minimum Gasteiger partial charge on any atom is -0.488 e. The van der Waals surface area contributed by atoms with Crippen molar-refractivity contribution in [3.05, 3.63) is 81.9 Å². The van der Waals surface area contributed by atoms with Gasteiger partial charge in [-0.1, -0.05) is 41.9 Å². The molecule has 3 atom stereocenters. The predicted molar refractivity (Wildman–Crippen MR) is 179 cm³/mol. The van der Waals surface area contributed by atoms with E-state index in [4.69, 9.17) is 35.3 Å². The second-order valence-corrected chi connectivity index (χ2v) is 13.8. The third-order valence-corrected chi connectivity index (χ3v) is 9.45. The van der Waals surface area contributed by atoms with Crippen LogP contribution in [0, 0.1) is 11.6 Å². The summed E-state index contributed by atoms with van der Waals surface area (Å²) in [6.45, 7) is 6.59. The predicted octanol–water partition coefficient (Wildman–Crippen LogP) is 7.41. The molecule has 2 fully saturated rings. The van der Waals surface area contributed by atoms with Crippen LogP contribution in [-0.4, -0.2) is 68.2 Å². The lowest BCUT2D eigenvalue weighted by atomic mass is 9.76. The molecule has 0 aliphatic carbocycles. The summed E-state index contributed by atoms with van der Waals surface area (Å²) in [6, 6.07) is 12.8. The van der Waals surface area contributed by atoms with E-state index in [0.29, 0.717) is 25.1 Å². The van der Waals surface area contributed by atoms with Gasteiger partial charge in [0.05, 0.1) is 23.2 Å². The number of rotatable bonds is 9. The Bertz CT molecular complexity index is 1710. The van der Waals surface area contributed by atoms with Gasteiger partial charge in [-0.25, -0.2) is 13.6 Å². The molecule has 0 aromatic heterocycles. The zero-order valence-electron chi connectivity index (χ0n) is 28.1. The maximum absolute atomic E-state index is 16.7. The van der Waals surface area contributed by atoms with Gasteiger partial charge in [-0.15, -0.1) is 0 Å². The van der Waals surface area contributed by atoms with Crippen molar-refractivity contribution in [1.29, 1.82) is 0 Å². The van der Waals surface area contributed by atoms with Gasteiger partial charge in [0.15, 0.2) is 23.5 Å². The molecule has 2 amide bonds. The average molecular weight is 699 g/mol. The van der Waals surface area contributed by atoms with E-state index in [1.807, 2.05) is 30.3 Å². The molecule has 0 spiro atoms. The van der Waals surface area contributed by atoms with Crippen LogP contribution in [0.1, 0.15) is 67.9 Å². The van der Waals surface area contributed by atoms with Crippen molar-refractivity contribution in [2.24, 2.45) is 0 Å². The minimum absolute atomic E-state index is 0.00689. The van der Waals surface area contributed by atoms with Crippen molar-refractivity contribution in [3.8, 4) is 22.6 Å². The summed E-state index contributed by atoms with van der Waals surface area (Å²) in [4.78, 5) is 28.1. The van der Waals surface area contributed by atoms with Gasteiger partial charge in [-0.2, -0.15) is 0 Å². The molecule has 9 nitrogen and oxygen atoms in total. The Labute approximate surface area is 289 Å². The van der Waals surface area contributed by atoms with Gasteiger partial charge < -0.3 is 33.9 Å². The van der Waals surface area contributed by atoms with Crippen molar-refractivity contribution in [2.45, 2.75) is 76.4 Å². The van der Waals surface area contributed by atoms with E-state index in [-0.39, 0.29) is 59.1 Å². The number of benzene rings is 3. The van der Waals surface area contributed by atoms with E-state index in [2.05, 4.69) is 5.32 Å². The quantitative estimate of drug-likeness (QED) is 0.233. The van der Waals surface area contributed by atoms with E-state index in [1.54, 1.807) is 25.7 Å². The first kappa shape index (κ1) is 34.9. The van der Waals surface area contributed by atoms with Crippen LogP contribution in [0.15, 0.2) is 48.5 Å². The van der Waals surface area contributed by atoms with Gasteiger partial charge in [0, 0.05) is 49.4 Å². The smallest absolute Gasteiger partial charge is 0.410 e.